The van der Waals surface area contributed by atoms with Crippen molar-refractivity contribution in [2.45, 2.75) is 12.1 Å². The molecule has 0 aliphatic heterocycles. The quantitative estimate of drug-likeness (QED) is 0.366. The van der Waals surface area contributed by atoms with Crippen LogP contribution >= 0.6 is 35.3 Å². The Kier molecular flexibility index (Phi) is 11.7. The van der Waals surface area contributed by atoms with Crippen LogP contribution in [-0.2, 0) is 9.59 Å². The third-order valence-corrected chi connectivity index (χ3v) is 5.65. The molecule has 2 atom stereocenters. The summed E-state index contributed by atoms with van der Waals surface area (Å²) in [6, 6.07) is -1.58. The molecule has 6 nitrogen and oxygen atoms in total. The summed E-state index contributed by atoms with van der Waals surface area (Å²) in [5.74, 6) is 2.52. The SMILES string of the molecule is NC(CSCCSCCSCC(N)C(=O)O)C(=O)O. The van der Waals surface area contributed by atoms with Gasteiger partial charge >= 0.3 is 11.9 Å². The van der Waals surface area contributed by atoms with Crippen LogP contribution in [0.2, 0.25) is 0 Å². The number of carboxylic acids is 2. The number of nitrogens with two attached hydrogens (primary N) is 2. The van der Waals surface area contributed by atoms with Crippen molar-refractivity contribution in [2.75, 3.05) is 34.5 Å². The minimum atomic E-state index is -0.966. The molecule has 0 fully saturated rings. The van der Waals surface area contributed by atoms with E-state index in [2.05, 4.69) is 0 Å². The van der Waals surface area contributed by atoms with E-state index in [1.54, 1.807) is 11.8 Å². The van der Waals surface area contributed by atoms with Crippen LogP contribution in [0.5, 0.6) is 0 Å². The van der Waals surface area contributed by atoms with Gasteiger partial charge in [-0.05, 0) is 0 Å². The fourth-order valence-corrected chi connectivity index (χ4v) is 4.12. The van der Waals surface area contributed by atoms with Gasteiger partial charge in [0.25, 0.3) is 0 Å². The van der Waals surface area contributed by atoms with E-state index in [1.807, 2.05) is 0 Å². The summed E-state index contributed by atoms with van der Waals surface area (Å²) in [7, 11) is 0. The minimum Gasteiger partial charge on any atom is -0.480 e. The Morgan fingerprint density at radius 1 is 0.789 bits per heavy atom. The van der Waals surface area contributed by atoms with Crippen molar-refractivity contribution in [1.29, 1.82) is 0 Å². The highest BCUT2D eigenvalue weighted by Crippen LogP contribution is 2.11. The number of carboxylic acid groups (broad SMARTS) is 2. The van der Waals surface area contributed by atoms with Gasteiger partial charge < -0.3 is 21.7 Å². The smallest absolute Gasteiger partial charge is 0.321 e. The largest absolute Gasteiger partial charge is 0.480 e. The molecular weight excluding hydrogens is 308 g/mol. The van der Waals surface area contributed by atoms with Crippen LogP contribution in [0.4, 0.5) is 0 Å². The maximum absolute atomic E-state index is 10.4. The maximum Gasteiger partial charge on any atom is 0.321 e. The van der Waals surface area contributed by atoms with Crippen LogP contribution in [0.1, 0.15) is 0 Å². The first-order chi connectivity index (χ1) is 8.95. The normalized spacial score (nSPS) is 14.0. The summed E-state index contributed by atoms with van der Waals surface area (Å²) in [5, 5.41) is 17.1. The number of thioether (sulfide) groups is 3. The summed E-state index contributed by atoms with van der Waals surface area (Å²) in [5.41, 5.74) is 10.7. The van der Waals surface area contributed by atoms with Gasteiger partial charge in [-0.15, -0.1) is 0 Å². The standard InChI is InChI=1S/C10H20N2O4S3/c11-7(9(13)14)5-18-3-1-17-2-4-19-6-8(12)10(15)16/h7-8H,1-6,11-12H2,(H,13,14)(H,15,16). The molecule has 0 bridgehead atoms. The van der Waals surface area contributed by atoms with Crippen LogP contribution in [0.15, 0.2) is 0 Å². The number of rotatable bonds is 12. The summed E-state index contributed by atoms with van der Waals surface area (Å²) in [6.45, 7) is 0. The Labute approximate surface area is 125 Å². The molecule has 0 aromatic heterocycles. The molecule has 19 heavy (non-hydrogen) atoms. The average Bonchev–Trinajstić information content (AvgIpc) is 2.35. The molecule has 0 aromatic carbocycles. The van der Waals surface area contributed by atoms with E-state index < -0.39 is 24.0 Å². The average molecular weight is 328 g/mol. The Bertz CT molecular complexity index is 256. The zero-order valence-corrected chi connectivity index (χ0v) is 12.9. The molecule has 0 spiro atoms. The van der Waals surface area contributed by atoms with E-state index in [9.17, 15) is 9.59 Å². The maximum atomic E-state index is 10.4. The number of aliphatic carboxylic acids is 2. The third kappa shape index (κ3) is 11.4. The van der Waals surface area contributed by atoms with Gasteiger partial charge in [0.1, 0.15) is 12.1 Å². The summed E-state index contributed by atoms with van der Waals surface area (Å²) in [6.07, 6.45) is 0. The van der Waals surface area contributed by atoms with Crippen LogP contribution < -0.4 is 11.5 Å². The molecule has 0 heterocycles. The van der Waals surface area contributed by atoms with Gasteiger partial charge in [-0.3, -0.25) is 9.59 Å². The lowest BCUT2D eigenvalue weighted by atomic mass is 10.4. The zero-order chi connectivity index (χ0) is 14.7. The monoisotopic (exact) mass is 328 g/mol. The van der Waals surface area contributed by atoms with Crippen LogP contribution in [0.3, 0.4) is 0 Å². The second-order valence-corrected chi connectivity index (χ2v) is 7.18. The van der Waals surface area contributed by atoms with E-state index in [0.29, 0.717) is 11.5 Å². The molecule has 2 unspecified atom stereocenters. The number of hydrogen-bond donors (Lipinski definition) is 4. The van der Waals surface area contributed by atoms with E-state index in [4.69, 9.17) is 21.7 Å². The molecule has 0 aliphatic rings. The van der Waals surface area contributed by atoms with Gasteiger partial charge in [-0.25, -0.2) is 0 Å². The summed E-state index contributed by atoms with van der Waals surface area (Å²) < 4.78 is 0. The number of carbonyl (C=O) groups is 2. The van der Waals surface area contributed by atoms with Crippen molar-refractivity contribution in [1.82, 2.24) is 0 Å². The first-order valence-electron chi connectivity index (χ1n) is 5.65. The van der Waals surface area contributed by atoms with Crippen LogP contribution in [0, 0.1) is 0 Å². The fraction of sp³-hybridized carbons (Fsp3) is 0.800. The van der Waals surface area contributed by atoms with Gasteiger partial charge in [0.15, 0.2) is 0 Å². The van der Waals surface area contributed by atoms with Gasteiger partial charge in [0.05, 0.1) is 0 Å². The Balaban J connectivity index is 3.24. The lowest BCUT2D eigenvalue weighted by Gasteiger charge is -2.07. The predicted octanol–water partition coefficient (Wildman–Crippen LogP) is 0.00980. The Morgan fingerprint density at radius 2 is 1.11 bits per heavy atom. The van der Waals surface area contributed by atoms with Crippen LogP contribution in [-0.4, -0.2) is 68.8 Å². The lowest BCUT2D eigenvalue weighted by molar-refractivity contribution is -0.138. The first kappa shape index (κ1) is 18.9. The van der Waals surface area contributed by atoms with Crippen molar-refractivity contribution in [3.05, 3.63) is 0 Å². The van der Waals surface area contributed by atoms with Gasteiger partial charge in [-0.1, -0.05) is 0 Å². The molecule has 0 rings (SSSR count). The molecule has 9 heteroatoms. The van der Waals surface area contributed by atoms with Crippen molar-refractivity contribution in [3.63, 3.8) is 0 Å². The Hall–Kier alpha value is -0.0900. The first-order valence-corrected chi connectivity index (χ1v) is 9.11. The van der Waals surface area contributed by atoms with Gasteiger partial charge in [-0.2, -0.15) is 35.3 Å². The summed E-state index contributed by atoms with van der Waals surface area (Å²) in [4.78, 5) is 20.9. The van der Waals surface area contributed by atoms with Crippen LogP contribution in [0.25, 0.3) is 0 Å². The minimum absolute atomic E-state index is 0.429. The van der Waals surface area contributed by atoms with Crippen molar-refractivity contribution < 1.29 is 19.8 Å². The highest BCUT2D eigenvalue weighted by atomic mass is 32.2. The van der Waals surface area contributed by atoms with Gasteiger partial charge in [0, 0.05) is 34.5 Å². The molecular formula is C10H20N2O4S3. The van der Waals surface area contributed by atoms with Gasteiger partial charge in [0.2, 0.25) is 0 Å². The van der Waals surface area contributed by atoms with Crippen molar-refractivity contribution >= 4 is 47.2 Å². The molecule has 0 aliphatic carbocycles. The van der Waals surface area contributed by atoms with Crippen molar-refractivity contribution in [3.8, 4) is 0 Å². The molecule has 0 radical (unpaired) electrons. The zero-order valence-electron chi connectivity index (χ0n) is 10.5. The third-order valence-electron chi connectivity index (χ3n) is 1.97. The lowest BCUT2D eigenvalue weighted by Crippen LogP contribution is -2.32. The summed E-state index contributed by atoms with van der Waals surface area (Å²) >= 11 is 4.82. The second kappa shape index (κ2) is 11.7. The molecule has 0 aromatic rings. The highest BCUT2D eigenvalue weighted by molar-refractivity contribution is 8.04. The molecule has 0 amide bonds. The molecule has 6 N–H and O–H groups in total. The van der Waals surface area contributed by atoms with E-state index in [0.717, 1.165) is 23.0 Å². The number of hydrogen-bond acceptors (Lipinski definition) is 7. The fourth-order valence-electron chi connectivity index (χ4n) is 0.901. The highest BCUT2D eigenvalue weighted by Gasteiger charge is 2.11. The second-order valence-electron chi connectivity index (χ2n) is 3.65. The van der Waals surface area contributed by atoms with Crippen molar-refractivity contribution in [2.24, 2.45) is 11.5 Å². The van der Waals surface area contributed by atoms with E-state index in [1.165, 1.54) is 23.5 Å². The molecule has 0 saturated heterocycles. The molecule has 0 saturated carbocycles. The topological polar surface area (TPSA) is 127 Å². The Morgan fingerprint density at radius 3 is 1.42 bits per heavy atom. The van der Waals surface area contributed by atoms with E-state index >= 15 is 0 Å². The predicted molar refractivity (Wildman–Crippen MR) is 83.2 cm³/mol. The molecule has 112 valence electrons. The van der Waals surface area contributed by atoms with E-state index in [-0.39, 0.29) is 0 Å².